The molecule has 1 spiro atoms. The largest absolute Gasteiger partial charge is 0.463 e. The quantitative estimate of drug-likeness (QED) is 0.109. The molecule has 10 nitrogen and oxygen atoms in total. The second-order valence-corrected chi connectivity index (χ2v) is 13.8. The summed E-state index contributed by atoms with van der Waals surface area (Å²) < 4.78 is 12.2. The Morgan fingerprint density at radius 3 is 2.48 bits per heavy atom. The third kappa shape index (κ3) is 7.28. The zero-order valence-corrected chi connectivity index (χ0v) is 28.6. The van der Waals surface area contributed by atoms with Crippen LogP contribution in [0.3, 0.4) is 0 Å². The maximum atomic E-state index is 14.6. The molecule has 2 N–H and O–H groups in total. The molecule has 5 rings (SSSR count). The maximum Gasteiger partial charge on any atom is 0.306 e. The van der Waals surface area contributed by atoms with E-state index in [9.17, 15) is 24.3 Å². The highest BCUT2D eigenvalue weighted by molar-refractivity contribution is 9.09. The summed E-state index contributed by atoms with van der Waals surface area (Å²) in [6.45, 7) is 8.20. The Balaban J connectivity index is 1.45. The van der Waals surface area contributed by atoms with Crippen molar-refractivity contribution in [3.63, 3.8) is 0 Å². The van der Waals surface area contributed by atoms with Crippen molar-refractivity contribution in [3.05, 3.63) is 97.1 Å². The second kappa shape index (κ2) is 16.1. The van der Waals surface area contributed by atoms with E-state index < -0.39 is 47.5 Å². The summed E-state index contributed by atoms with van der Waals surface area (Å²) in [5, 5.41) is 12.6. The van der Waals surface area contributed by atoms with Crippen LogP contribution in [0, 0.1) is 11.8 Å². The number of hydrogen-bond donors (Lipinski definition) is 2. The van der Waals surface area contributed by atoms with E-state index in [-0.39, 0.29) is 49.4 Å². The molecule has 48 heavy (non-hydrogen) atoms. The number of rotatable bonds is 17. The van der Waals surface area contributed by atoms with E-state index in [1.165, 1.54) is 0 Å². The molecule has 2 aromatic carbocycles. The van der Waals surface area contributed by atoms with E-state index in [2.05, 4.69) is 34.4 Å². The molecule has 3 fully saturated rings. The molecule has 0 aromatic heterocycles. The summed E-state index contributed by atoms with van der Waals surface area (Å²) in [4.78, 5) is 58.7. The van der Waals surface area contributed by atoms with E-state index in [1.807, 2.05) is 60.7 Å². The average Bonchev–Trinajstić information content (AvgIpc) is 3.69. The smallest absolute Gasteiger partial charge is 0.306 e. The minimum atomic E-state index is -1.23. The molecule has 2 bridgehead atoms. The number of halogens is 1. The Labute approximate surface area is 290 Å². The number of carbonyl (C=O) groups is 4. The lowest BCUT2D eigenvalue weighted by molar-refractivity contribution is -0.148. The van der Waals surface area contributed by atoms with E-state index in [0.29, 0.717) is 32.2 Å². The Kier molecular flexibility index (Phi) is 11.9. The van der Waals surface area contributed by atoms with Gasteiger partial charge in [-0.1, -0.05) is 88.7 Å². The molecular weight excluding hydrogens is 678 g/mol. The Bertz CT molecular complexity index is 1470. The van der Waals surface area contributed by atoms with Gasteiger partial charge in [-0.2, -0.15) is 0 Å². The van der Waals surface area contributed by atoms with Crippen LogP contribution in [0.4, 0.5) is 0 Å². The third-order valence-corrected chi connectivity index (χ3v) is 10.3. The minimum Gasteiger partial charge on any atom is -0.463 e. The van der Waals surface area contributed by atoms with Gasteiger partial charge in [0.15, 0.2) is 0 Å². The number of carbonyl (C=O) groups excluding carboxylic acids is 4. The van der Waals surface area contributed by atoms with Gasteiger partial charge in [0.25, 0.3) is 0 Å². The number of fused-ring (bicyclic) bond motifs is 1. The SMILES string of the molecule is C=CCCC(=O)OC[C@H](NC(=O)[C@H]1[C@@H]2O[C@@]3(CC2Br)[C@@H]1C(=O)N(CCCCO)[C@@H]3C(=O)N(CC=C)Cc1ccccc1)c1ccccc1. The van der Waals surface area contributed by atoms with Crippen LogP contribution in [0.15, 0.2) is 86.0 Å². The molecule has 2 aromatic rings. The summed E-state index contributed by atoms with van der Waals surface area (Å²) in [5.74, 6) is -3.17. The summed E-state index contributed by atoms with van der Waals surface area (Å²) >= 11 is 3.74. The van der Waals surface area contributed by atoms with Crippen LogP contribution in [-0.2, 0) is 35.2 Å². The third-order valence-electron chi connectivity index (χ3n) is 9.49. The molecule has 7 atom stereocenters. The summed E-state index contributed by atoms with van der Waals surface area (Å²) in [5.41, 5.74) is 0.445. The first kappa shape index (κ1) is 35.5. The Hall–Kier alpha value is -3.80. The standard InChI is InChI=1S/C37H44BrN3O7/c1-3-5-18-29(43)47-24-28(26-16-10-7-11-17-26)39-34(44)30-31-35(45)41(20-12-13-21-42)33(37(31)22-27(38)32(30)48-37)36(46)40(19-4-2)23-25-14-8-6-9-15-25/h3-4,6-11,14-17,27-28,30-33,42H,1-2,5,12-13,18-24H2,(H,39,44)/t27?,28-,30+,31-,32+,33+,37-/m0/s1. The Morgan fingerprint density at radius 1 is 1.10 bits per heavy atom. The summed E-state index contributed by atoms with van der Waals surface area (Å²) in [6.07, 6.45) is 4.63. The minimum absolute atomic E-state index is 0.0437. The number of nitrogens with one attached hydrogen (secondary N) is 1. The number of esters is 1. The van der Waals surface area contributed by atoms with Gasteiger partial charge in [0, 0.05) is 37.5 Å². The van der Waals surface area contributed by atoms with Gasteiger partial charge in [0.2, 0.25) is 17.7 Å². The number of alkyl halides is 1. The molecule has 3 amide bonds. The van der Waals surface area contributed by atoms with E-state index in [0.717, 1.165) is 11.1 Å². The average molecular weight is 723 g/mol. The number of nitrogens with zero attached hydrogens (tertiary/aromatic N) is 2. The number of amides is 3. The molecule has 256 valence electrons. The van der Waals surface area contributed by atoms with E-state index in [1.54, 1.807) is 22.0 Å². The van der Waals surface area contributed by atoms with E-state index in [4.69, 9.17) is 9.47 Å². The number of ether oxygens (including phenoxy) is 2. The summed E-state index contributed by atoms with van der Waals surface area (Å²) in [7, 11) is 0. The predicted molar refractivity (Wildman–Crippen MR) is 184 cm³/mol. The van der Waals surface area contributed by atoms with Crippen molar-refractivity contribution < 1.29 is 33.8 Å². The first-order valence-corrected chi connectivity index (χ1v) is 17.5. The first-order chi connectivity index (χ1) is 23.2. The van der Waals surface area contributed by atoms with Crippen LogP contribution in [0.5, 0.6) is 0 Å². The lowest BCUT2D eigenvalue weighted by Gasteiger charge is -2.37. The molecule has 3 aliphatic heterocycles. The highest BCUT2D eigenvalue weighted by Crippen LogP contribution is 2.60. The van der Waals surface area contributed by atoms with Crippen LogP contribution in [0.1, 0.15) is 49.3 Å². The summed E-state index contributed by atoms with van der Waals surface area (Å²) in [6, 6.07) is 17.2. The van der Waals surface area contributed by atoms with Crippen LogP contribution < -0.4 is 5.32 Å². The zero-order valence-electron chi connectivity index (χ0n) is 27.0. The number of unbranched alkanes of at least 4 members (excludes halogenated alkanes) is 1. The van der Waals surface area contributed by atoms with Crippen LogP contribution in [0.25, 0.3) is 0 Å². The molecule has 0 radical (unpaired) electrons. The van der Waals surface area contributed by atoms with Crippen molar-refractivity contribution in [1.29, 1.82) is 0 Å². The van der Waals surface area contributed by atoms with Gasteiger partial charge >= 0.3 is 5.97 Å². The van der Waals surface area contributed by atoms with Gasteiger partial charge in [0.1, 0.15) is 18.2 Å². The zero-order chi connectivity index (χ0) is 34.3. The second-order valence-electron chi connectivity index (χ2n) is 12.6. The lowest BCUT2D eigenvalue weighted by Crippen LogP contribution is -2.57. The van der Waals surface area contributed by atoms with Crippen molar-refractivity contribution in [2.45, 2.75) is 67.3 Å². The number of hydrogen-bond acceptors (Lipinski definition) is 7. The van der Waals surface area contributed by atoms with Crippen LogP contribution in [-0.4, -0.2) is 87.5 Å². The van der Waals surface area contributed by atoms with Crippen molar-refractivity contribution in [2.24, 2.45) is 11.8 Å². The molecule has 3 saturated heterocycles. The molecule has 3 aliphatic rings. The van der Waals surface area contributed by atoms with Gasteiger partial charge < -0.3 is 29.7 Å². The highest BCUT2D eigenvalue weighted by Gasteiger charge is 2.76. The number of benzene rings is 2. The molecule has 0 aliphatic carbocycles. The maximum absolute atomic E-state index is 14.6. The topological polar surface area (TPSA) is 125 Å². The van der Waals surface area contributed by atoms with Gasteiger partial charge in [-0.15, -0.1) is 13.2 Å². The number of aliphatic hydroxyl groups excluding tert-OH is 1. The number of likely N-dealkylation sites (tertiary alicyclic amines) is 1. The normalized spacial score (nSPS) is 26.1. The van der Waals surface area contributed by atoms with Gasteiger partial charge in [0.05, 0.1) is 24.0 Å². The van der Waals surface area contributed by atoms with Crippen molar-refractivity contribution in [1.82, 2.24) is 15.1 Å². The molecular formula is C37H44BrN3O7. The van der Waals surface area contributed by atoms with Crippen LogP contribution in [0.2, 0.25) is 0 Å². The predicted octanol–water partition coefficient (Wildman–Crippen LogP) is 4.09. The van der Waals surface area contributed by atoms with Gasteiger partial charge in [-0.05, 0) is 36.8 Å². The van der Waals surface area contributed by atoms with Gasteiger partial charge in [-0.3, -0.25) is 19.2 Å². The van der Waals surface area contributed by atoms with Crippen molar-refractivity contribution in [3.8, 4) is 0 Å². The van der Waals surface area contributed by atoms with Crippen molar-refractivity contribution in [2.75, 3.05) is 26.3 Å². The Morgan fingerprint density at radius 2 is 1.81 bits per heavy atom. The van der Waals surface area contributed by atoms with Crippen LogP contribution >= 0.6 is 15.9 Å². The number of allylic oxidation sites excluding steroid dienone is 1. The number of aliphatic hydroxyl groups is 1. The molecule has 0 saturated carbocycles. The van der Waals surface area contributed by atoms with E-state index >= 15 is 0 Å². The monoisotopic (exact) mass is 721 g/mol. The fraction of sp³-hybridized carbons (Fsp3) is 0.459. The van der Waals surface area contributed by atoms with Gasteiger partial charge in [-0.25, -0.2) is 0 Å². The first-order valence-electron chi connectivity index (χ1n) is 16.5. The van der Waals surface area contributed by atoms with Crippen molar-refractivity contribution >= 4 is 39.6 Å². The molecule has 1 unspecified atom stereocenters. The molecule has 11 heteroatoms. The fourth-order valence-corrected chi connectivity index (χ4v) is 8.29. The fourth-order valence-electron chi connectivity index (χ4n) is 7.35. The highest BCUT2D eigenvalue weighted by atomic mass is 79.9. The lowest BCUT2D eigenvalue weighted by atomic mass is 9.70. The molecule has 3 heterocycles.